The van der Waals surface area contributed by atoms with Crippen LogP contribution in [0.3, 0.4) is 0 Å². The zero-order chi connectivity index (χ0) is 12.0. The van der Waals surface area contributed by atoms with Gasteiger partial charge in [-0.15, -0.1) is 0 Å². The van der Waals surface area contributed by atoms with Crippen molar-refractivity contribution in [2.24, 2.45) is 0 Å². The molecule has 16 heavy (non-hydrogen) atoms. The van der Waals surface area contributed by atoms with Crippen molar-refractivity contribution < 1.29 is 12.7 Å². The third kappa shape index (κ3) is 5.90. The Bertz CT molecular complexity index is 255. The first kappa shape index (κ1) is 14.0. The van der Waals surface area contributed by atoms with Gasteiger partial charge in [-0.05, 0) is 0 Å². The van der Waals surface area contributed by atoms with E-state index < -0.39 is 19.8 Å². The van der Waals surface area contributed by atoms with Crippen molar-refractivity contribution in [3.05, 3.63) is 12.2 Å². The van der Waals surface area contributed by atoms with Crippen molar-refractivity contribution in [3.8, 4) is 0 Å². The van der Waals surface area contributed by atoms with Crippen molar-refractivity contribution in [1.82, 2.24) is 0 Å². The monoisotopic (exact) mass is 294 g/mol. The zero-order valence-corrected chi connectivity index (χ0v) is 12.1. The Morgan fingerprint density at radius 1 is 1.25 bits per heavy atom. The van der Waals surface area contributed by atoms with Gasteiger partial charge in [-0.25, -0.2) is 0 Å². The molecular formula is C12H22O3Se. The molecule has 0 aliphatic heterocycles. The van der Waals surface area contributed by atoms with E-state index in [4.69, 9.17) is 8.86 Å². The van der Waals surface area contributed by atoms with Crippen LogP contribution in [0, 0.1) is 0 Å². The van der Waals surface area contributed by atoms with E-state index in [-0.39, 0.29) is 4.82 Å². The molecule has 4 heteroatoms. The molecule has 0 aromatic heterocycles. The Labute approximate surface area is 103 Å². The van der Waals surface area contributed by atoms with Crippen LogP contribution in [0.15, 0.2) is 12.2 Å². The zero-order valence-electron chi connectivity index (χ0n) is 10.4. The van der Waals surface area contributed by atoms with Crippen LogP contribution in [0.4, 0.5) is 0 Å². The average molecular weight is 293 g/mol. The van der Waals surface area contributed by atoms with E-state index in [0.717, 1.165) is 19.3 Å². The molecule has 1 aliphatic carbocycles. The van der Waals surface area contributed by atoms with Crippen LogP contribution in [0.5, 0.6) is 0 Å². The fourth-order valence-electron chi connectivity index (χ4n) is 1.48. The molecule has 1 rings (SSSR count). The van der Waals surface area contributed by atoms with Gasteiger partial charge in [0.2, 0.25) is 0 Å². The fraction of sp³-hybridized carbons (Fsp3) is 0.833. The molecule has 0 saturated carbocycles. The molecular weight excluding hydrogens is 271 g/mol. The van der Waals surface area contributed by atoms with E-state index in [9.17, 15) is 3.83 Å². The summed E-state index contributed by atoms with van der Waals surface area (Å²) in [6, 6.07) is 0. The summed E-state index contributed by atoms with van der Waals surface area (Å²) < 4.78 is 17.0. The first-order valence-corrected chi connectivity index (χ1v) is 8.31. The molecule has 3 nitrogen and oxygen atoms in total. The molecule has 0 radical (unpaired) electrons. The van der Waals surface area contributed by atoms with Crippen LogP contribution in [-0.4, -0.2) is 19.8 Å². The number of allylic oxidation sites excluding steroid dienone is 2. The minimum absolute atomic E-state index is 0.0719. The summed E-state index contributed by atoms with van der Waals surface area (Å²) >= 11 is -2.35. The van der Waals surface area contributed by atoms with E-state index >= 15 is 0 Å². The molecule has 2 unspecified atom stereocenters. The van der Waals surface area contributed by atoms with Crippen LogP contribution in [0.1, 0.15) is 52.9 Å². The van der Waals surface area contributed by atoms with Crippen molar-refractivity contribution in [3.63, 3.8) is 0 Å². The van der Waals surface area contributed by atoms with Gasteiger partial charge in [0.05, 0.1) is 0 Å². The van der Waals surface area contributed by atoms with E-state index in [1.165, 1.54) is 12.8 Å². The third-order valence-electron chi connectivity index (χ3n) is 2.31. The molecule has 0 bridgehead atoms. The number of hydrogen-bond acceptors (Lipinski definition) is 3. The van der Waals surface area contributed by atoms with Gasteiger partial charge in [0.15, 0.2) is 0 Å². The quantitative estimate of drug-likeness (QED) is 0.345. The Kier molecular flexibility index (Phi) is 5.84. The Morgan fingerprint density at radius 2 is 2.00 bits per heavy atom. The van der Waals surface area contributed by atoms with E-state index in [0.29, 0.717) is 0 Å². The first-order chi connectivity index (χ1) is 7.49. The van der Waals surface area contributed by atoms with E-state index in [1.54, 1.807) is 0 Å². The SMILES string of the molecule is CC(C)(C)OO[Se](=O)C1/C=C\CCCCC1. The van der Waals surface area contributed by atoms with Gasteiger partial charge >= 0.3 is 102 Å². The Morgan fingerprint density at radius 3 is 2.69 bits per heavy atom. The third-order valence-corrected chi connectivity index (χ3v) is 4.59. The van der Waals surface area contributed by atoms with Crippen molar-refractivity contribution >= 4 is 14.2 Å². The molecule has 94 valence electrons. The predicted octanol–water partition coefficient (Wildman–Crippen LogP) is 3.54. The molecule has 0 aromatic rings. The fourth-order valence-corrected chi connectivity index (χ4v) is 3.51. The first-order valence-electron chi connectivity index (χ1n) is 5.92. The molecule has 0 amide bonds. The summed E-state index contributed by atoms with van der Waals surface area (Å²) in [6.07, 6.45) is 9.82. The van der Waals surface area contributed by atoms with Crippen molar-refractivity contribution in [2.75, 3.05) is 0 Å². The molecule has 0 aromatic carbocycles. The summed E-state index contributed by atoms with van der Waals surface area (Å²) in [7, 11) is 0. The number of rotatable bonds is 3. The van der Waals surface area contributed by atoms with Crippen LogP contribution in [-0.2, 0) is 12.7 Å². The number of hydrogen-bond donors (Lipinski definition) is 0. The molecule has 0 N–H and O–H groups in total. The molecule has 0 spiro atoms. The Balaban J connectivity index is 2.42. The molecule has 0 saturated heterocycles. The van der Waals surface area contributed by atoms with Gasteiger partial charge in [0, 0.05) is 0 Å². The maximum absolute atomic E-state index is 11.9. The van der Waals surface area contributed by atoms with Crippen LogP contribution in [0.2, 0.25) is 4.82 Å². The van der Waals surface area contributed by atoms with Crippen LogP contribution >= 0.6 is 0 Å². The van der Waals surface area contributed by atoms with Crippen LogP contribution in [0.25, 0.3) is 0 Å². The van der Waals surface area contributed by atoms with Crippen molar-refractivity contribution in [1.29, 1.82) is 0 Å². The van der Waals surface area contributed by atoms with Gasteiger partial charge in [-0.1, -0.05) is 0 Å². The normalized spacial score (nSPS) is 26.8. The molecule has 0 heterocycles. The summed E-state index contributed by atoms with van der Waals surface area (Å²) in [4.78, 5) is 5.20. The summed E-state index contributed by atoms with van der Waals surface area (Å²) in [6.45, 7) is 5.67. The van der Waals surface area contributed by atoms with E-state index in [1.807, 2.05) is 26.8 Å². The van der Waals surface area contributed by atoms with Crippen LogP contribution < -0.4 is 0 Å². The molecule has 0 fully saturated rings. The molecule has 1 aliphatic rings. The minimum atomic E-state index is -2.35. The van der Waals surface area contributed by atoms with Gasteiger partial charge < -0.3 is 0 Å². The molecule has 2 atom stereocenters. The topological polar surface area (TPSA) is 35.5 Å². The van der Waals surface area contributed by atoms with Crippen molar-refractivity contribution in [2.45, 2.75) is 63.3 Å². The average Bonchev–Trinajstić information content (AvgIpc) is 2.12. The predicted molar refractivity (Wildman–Crippen MR) is 64.3 cm³/mol. The van der Waals surface area contributed by atoms with Gasteiger partial charge in [-0.3, -0.25) is 0 Å². The van der Waals surface area contributed by atoms with Gasteiger partial charge in [0.1, 0.15) is 0 Å². The second-order valence-corrected chi connectivity index (χ2v) is 7.78. The summed E-state index contributed by atoms with van der Waals surface area (Å²) in [5.74, 6) is 0. The summed E-state index contributed by atoms with van der Waals surface area (Å²) in [5, 5.41) is 0. The van der Waals surface area contributed by atoms with Gasteiger partial charge in [0.25, 0.3) is 0 Å². The second kappa shape index (κ2) is 6.65. The summed E-state index contributed by atoms with van der Waals surface area (Å²) in [5.41, 5.74) is -0.391. The van der Waals surface area contributed by atoms with E-state index in [2.05, 4.69) is 6.08 Å². The second-order valence-electron chi connectivity index (χ2n) is 5.13. The standard InChI is InChI=1S/C12H22O3Se/c1-12(2,3)14-15-16(13)11-9-7-5-4-6-8-10-11/h7,9,11H,4-6,8,10H2,1-3H3/b9-7-. The maximum atomic E-state index is 11.9. The van der Waals surface area contributed by atoms with Gasteiger partial charge in [-0.2, -0.15) is 0 Å². The Hall–Kier alpha value is -0.0205.